The quantitative estimate of drug-likeness (QED) is 0.416. The van der Waals surface area contributed by atoms with E-state index in [0.717, 1.165) is 12.0 Å². The van der Waals surface area contributed by atoms with E-state index in [1.165, 1.54) is 6.92 Å². The van der Waals surface area contributed by atoms with E-state index in [1.807, 2.05) is 6.92 Å². The number of allylic oxidation sites excluding steroid dienone is 1. The molecule has 0 bridgehead atoms. The zero-order valence-corrected chi connectivity index (χ0v) is 17.6. The van der Waals surface area contributed by atoms with Gasteiger partial charge in [0, 0.05) is 24.0 Å². The van der Waals surface area contributed by atoms with Crippen LogP contribution in [0.3, 0.4) is 0 Å². The molecule has 2 fully saturated rings. The van der Waals surface area contributed by atoms with Crippen LogP contribution in [-0.4, -0.2) is 35.7 Å². The highest BCUT2D eigenvalue weighted by molar-refractivity contribution is 5.91. The van der Waals surface area contributed by atoms with Gasteiger partial charge in [0.2, 0.25) is 0 Å². The number of fused-ring (bicyclic) bond motifs is 2. The van der Waals surface area contributed by atoms with E-state index >= 15 is 0 Å². The van der Waals surface area contributed by atoms with Crippen LogP contribution in [0.5, 0.6) is 0 Å². The minimum Gasteiger partial charge on any atom is -0.455 e. The summed E-state index contributed by atoms with van der Waals surface area (Å²) in [5.74, 6) is -1.12. The first-order valence-electron chi connectivity index (χ1n) is 9.96. The summed E-state index contributed by atoms with van der Waals surface area (Å²) < 4.78 is 17.2. The largest absolute Gasteiger partial charge is 0.455 e. The Morgan fingerprint density at radius 3 is 2.54 bits per heavy atom. The van der Waals surface area contributed by atoms with Gasteiger partial charge in [-0.05, 0) is 64.4 Å². The second kappa shape index (κ2) is 7.05. The molecule has 154 valence electrons. The molecule has 0 N–H and O–H groups in total. The lowest BCUT2D eigenvalue weighted by atomic mass is 9.53. The SMILES string of the molecule is C/C=C(/C)C(=O)O[C@H]1CC[C@]2(C)C[C@@H]3OC(=O)C(C)=C3C[C@H]2[C@@]1(C)OC(C)=O. The highest BCUT2D eigenvalue weighted by Crippen LogP contribution is 2.59. The van der Waals surface area contributed by atoms with Crippen LogP contribution < -0.4 is 0 Å². The van der Waals surface area contributed by atoms with Crippen molar-refractivity contribution >= 4 is 17.9 Å². The molecule has 1 heterocycles. The van der Waals surface area contributed by atoms with Crippen LogP contribution in [-0.2, 0) is 28.6 Å². The first-order valence-corrected chi connectivity index (χ1v) is 9.96. The average Bonchev–Trinajstić information content (AvgIpc) is 2.88. The Morgan fingerprint density at radius 2 is 1.93 bits per heavy atom. The normalized spacial score (nSPS) is 37.7. The fourth-order valence-electron chi connectivity index (χ4n) is 5.25. The number of ether oxygens (including phenoxy) is 3. The molecule has 2 saturated carbocycles. The van der Waals surface area contributed by atoms with Crippen molar-refractivity contribution in [1.29, 1.82) is 0 Å². The Balaban J connectivity index is 1.98. The van der Waals surface area contributed by atoms with Gasteiger partial charge in [0.25, 0.3) is 0 Å². The van der Waals surface area contributed by atoms with Crippen molar-refractivity contribution in [3.63, 3.8) is 0 Å². The van der Waals surface area contributed by atoms with Crippen LogP contribution >= 0.6 is 0 Å². The molecule has 5 atom stereocenters. The van der Waals surface area contributed by atoms with Gasteiger partial charge in [-0.3, -0.25) is 4.79 Å². The maximum absolute atomic E-state index is 12.4. The van der Waals surface area contributed by atoms with E-state index < -0.39 is 23.6 Å². The van der Waals surface area contributed by atoms with Crippen molar-refractivity contribution in [2.75, 3.05) is 0 Å². The molecule has 0 amide bonds. The van der Waals surface area contributed by atoms with Crippen molar-refractivity contribution < 1.29 is 28.6 Å². The second-order valence-electron chi connectivity index (χ2n) is 8.84. The second-order valence-corrected chi connectivity index (χ2v) is 8.84. The molecule has 6 heteroatoms. The van der Waals surface area contributed by atoms with Crippen molar-refractivity contribution in [3.05, 3.63) is 22.8 Å². The van der Waals surface area contributed by atoms with Crippen LogP contribution in [0.1, 0.15) is 67.2 Å². The number of esters is 3. The fourth-order valence-corrected chi connectivity index (χ4v) is 5.25. The first kappa shape index (κ1) is 20.6. The lowest BCUT2D eigenvalue weighted by Crippen LogP contribution is -2.61. The zero-order valence-electron chi connectivity index (χ0n) is 17.6. The molecule has 0 spiro atoms. The van der Waals surface area contributed by atoms with Gasteiger partial charge >= 0.3 is 17.9 Å². The van der Waals surface area contributed by atoms with E-state index in [0.29, 0.717) is 30.4 Å². The summed E-state index contributed by atoms with van der Waals surface area (Å²) in [5, 5.41) is 0. The van der Waals surface area contributed by atoms with Crippen LogP contribution in [0.4, 0.5) is 0 Å². The number of hydrogen-bond donors (Lipinski definition) is 0. The van der Waals surface area contributed by atoms with Crippen molar-refractivity contribution in [2.45, 2.75) is 85.0 Å². The first-order chi connectivity index (χ1) is 13.0. The molecule has 28 heavy (non-hydrogen) atoms. The molecule has 1 aliphatic heterocycles. The molecule has 0 unspecified atom stereocenters. The van der Waals surface area contributed by atoms with Gasteiger partial charge in [-0.2, -0.15) is 0 Å². The Labute approximate surface area is 166 Å². The monoisotopic (exact) mass is 390 g/mol. The fraction of sp³-hybridized carbons (Fsp3) is 0.682. The summed E-state index contributed by atoms with van der Waals surface area (Å²) in [6.07, 6.45) is 3.67. The topological polar surface area (TPSA) is 78.9 Å². The Morgan fingerprint density at radius 1 is 1.25 bits per heavy atom. The Kier molecular flexibility index (Phi) is 5.19. The van der Waals surface area contributed by atoms with Crippen LogP contribution in [0, 0.1) is 11.3 Å². The van der Waals surface area contributed by atoms with Gasteiger partial charge in [0.05, 0.1) is 0 Å². The number of carbonyl (C=O) groups excluding carboxylic acids is 3. The molecule has 0 radical (unpaired) electrons. The molecule has 0 aromatic carbocycles. The lowest BCUT2D eigenvalue weighted by molar-refractivity contribution is -0.220. The molecule has 3 rings (SSSR count). The predicted molar refractivity (Wildman–Crippen MR) is 102 cm³/mol. The molecule has 6 nitrogen and oxygen atoms in total. The zero-order chi connectivity index (χ0) is 20.9. The molecular formula is C22H30O6. The molecular weight excluding hydrogens is 360 g/mol. The molecule has 0 saturated heterocycles. The highest BCUT2D eigenvalue weighted by Gasteiger charge is 2.61. The minimum absolute atomic E-state index is 0.0722. The summed E-state index contributed by atoms with van der Waals surface area (Å²) >= 11 is 0. The van der Waals surface area contributed by atoms with E-state index in [2.05, 4.69) is 6.92 Å². The van der Waals surface area contributed by atoms with Gasteiger partial charge in [-0.1, -0.05) is 13.0 Å². The summed E-state index contributed by atoms with van der Waals surface area (Å²) in [7, 11) is 0. The molecule has 0 aromatic heterocycles. The summed E-state index contributed by atoms with van der Waals surface area (Å²) in [5.41, 5.74) is 1.02. The summed E-state index contributed by atoms with van der Waals surface area (Å²) in [6.45, 7) is 10.7. The number of rotatable bonds is 3. The van der Waals surface area contributed by atoms with Crippen LogP contribution in [0.15, 0.2) is 22.8 Å². The summed E-state index contributed by atoms with van der Waals surface area (Å²) in [4.78, 5) is 36.5. The molecule has 2 aliphatic carbocycles. The molecule has 0 aromatic rings. The average molecular weight is 390 g/mol. The third-order valence-corrected chi connectivity index (χ3v) is 7.02. The van der Waals surface area contributed by atoms with Gasteiger partial charge in [0.15, 0.2) is 0 Å². The van der Waals surface area contributed by atoms with Gasteiger partial charge in [-0.25, -0.2) is 9.59 Å². The van der Waals surface area contributed by atoms with Gasteiger partial charge < -0.3 is 14.2 Å². The van der Waals surface area contributed by atoms with Gasteiger partial charge in [-0.15, -0.1) is 0 Å². The maximum Gasteiger partial charge on any atom is 0.334 e. The van der Waals surface area contributed by atoms with Gasteiger partial charge in [0.1, 0.15) is 17.8 Å². The number of carbonyl (C=O) groups is 3. The lowest BCUT2D eigenvalue weighted by Gasteiger charge is -2.57. The van der Waals surface area contributed by atoms with Crippen molar-refractivity contribution in [1.82, 2.24) is 0 Å². The Bertz CT molecular complexity index is 778. The van der Waals surface area contributed by atoms with Crippen molar-refractivity contribution in [2.24, 2.45) is 11.3 Å². The van der Waals surface area contributed by atoms with E-state index in [4.69, 9.17) is 14.2 Å². The standard InChI is InChI=1S/C22H30O6/c1-7-12(2)19(24)27-18-8-9-21(5)11-16-15(13(3)20(25)26-16)10-17(21)22(18,6)28-14(4)23/h7,16-18H,8-11H2,1-6H3/b12-7-/t16-,17+,18-,21+,22+/m0/s1. The third kappa shape index (κ3) is 3.27. The predicted octanol–water partition coefficient (Wildman–Crippen LogP) is 3.64. The maximum atomic E-state index is 12.4. The summed E-state index contributed by atoms with van der Waals surface area (Å²) in [6, 6.07) is 0. The minimum atomic E-state index is -0.966. The molecule has 3 aliphatic rings. The van der Waals surface area contributed by atoms with Crippen LogP contribution in [0.25, 0.3) is 0 Å². The Hall–Kier alpha value is -2.11. The smallest absolute Gasteiger partial charge is 0.334 e. The third-order valence-electron chi connectivity index (χ3n) is 7.02. The highest BCUT2D eigenvalue weighted by atomic mass is 16.6. The van der Waals surface area contributed by atoms with E-state index in [-0.39, 0.29) is 23.4 Å². The van der Waals surface area contributed by atoms with Crippen molar-refractivity contribution in [3.8, 4) is 0 Å². The number of hydrogen-bond acceptors (Lipinski definition) is 6. The van der Waals surface area contributed by atoms with E-state index in [9.17, 15) is 14.4 Å². The van der Waals surface area contributed by atoms with E-state index in [1.54, 1.807) is 26.8 Å². The van der Waals surface area contributed by atoms with Crippen LogP contribution in [0.2, 0.25) is 0 Å².